The molecule has 0 saturated heterocycles. The lowest BCUT2D eigenvalue weighted by molar-refractivity contribution is -0.384. The summed E-state index contributed by atoms with van der Waals surface area (Å²) < 4.78 is 0. The number of nitro groups is 1. The molecule has 0 aliphatic rings. The zero-order chi connectivity index (χ0) is 19.6. The van der Waals surface area contributed by atoms with Gasteiger partial charge in [-0.3, -0.25) is 19.7 Å². The van der Waals surface area contributed by atoms with Crippen molar-refractivity contribution in [2.24, 2.45) is 5.10 Å². The Morgan fingerprint density at radius 1 is 1.15 bits per heavy atom. The van der Waals surface area contributed by atoms with Gasteiger partial charge in [0, 0.05) is 25.1 Å². The van der Waals surface area contributed by atoms with Crippen LogP contribution in [0.4, 0.5) is 5.69 Å². The summed E-state index contributed by atoms with van der Waals surface area (Å²) in [5, 5.41) is 17.4. The summed E-state index contributed by atoms with van der Waals surface area (Å²) in [6.45, 7) is 0.323. The summed E-state index contributed by atoms with van der Waals surface area (Å²) in [6, 6.07) is 12.5. The zero-order valence-electron chi connectivity index (χ0n) is 14.2. The van der Waals surface area contributed by atoms with Crippen molar-refractivity contribution in [1.82, 2.24) is 10.7 Å². The minimum Gasteiger partial charge on any atom is -0.352 e. The van der Waals surface area contributed by atoms with Gasteiger partial charge in [0.05, 0.1) is 21.7 Å². The third-order valence-electron chi connectivity index (χ3n) is 3.49. The number of nitrogens with zero attached hydrogens (tertiary/aromatic N) is 2. The minimum absolute atomic E-state index is 0.0185. The first-order valence-corrected chi connectivity index (χ1v) is 8.44. The number of amides is 2. The standard InChI is InChI=1S/C18H17ClN4O4/c19-16-5-2-1-4-15(16)18(25)20-11-3-6-17(24)22-21-12-13-7-9-14(10-8-13)23(26)27/h1-2,4-5,7-10,12H,3,6,11H2,(H,20,25)(H,22,24). The van der Waals surface area contributed by atoms with E-state index in [0.29, 0.717) is 29.1 Å². The molecule has 0 aromatic heterocycles. The summed E-state index contributed by atoms with van der Waals surface area (Å²) in [7, 11) is 0. The van der Waals surface area contributed by atoms with E-state index in [4.69, 9.17) is 11.6 Å². The number of rotatable bonds is 8. The second kappa shape index (κ2) is 10.0. The molecule has 9 heteroatoms. The number of hydrogen-bond donors (Lipinski definition) is 2. The third-order valence-corrected chi connectivity index (χ3v) is 3.82. The fourth-order valence-electron chi connectivity index (χ4n) is 2.11. The first-order valence-electron chi connectivity index (χ1n) is 8.06. The van der Waals surface area contributed by atoms with Crippen molar-refractivity contribution in [2.45, 2.75) is 12.8 Å². The van der Waals surface area contributed by atoms with Crippen LogP contribution >= 0.6 is 11.6 Å². The van der Waals surface area contributed by atoms with Gasteiger partial charge in [-0.15, -0.1) is 0 Å². The molecule has 2 aromatic carbocycles. The van der Waals surface area contributed by atoms with Gasteiger partial charge in [-0.1, -0.05) is 23.7 Å². The Hall–Kier alpha value is -3.26. The average molecular weight is 389 g/mol. The van der Waals surface area contributed by atoms with Crippen LogP contribution in [0.1, 0.15) is 28.8 Å². The van der Waals surface area contributed by atoms with E-state index in [1.165, 1.54) is 30.5 Å². The smallest absolute Gasteiger partial charge is 0.269 e. The van der Waals surface area contributed by atoms with E-state index >= 15 is 0 Å². The van der Waals surface area contributed by atoms with E-state index in [0.717, 1.165) is 0 Å². The fraction of sp³-hybridized carbons (Fsp3) is 0.167. The Balaban J connectivity index is 1.68. The van der Waals surface area contributed by atoms with Crippen molar-refractivity contribution < 1.29 is 14.5 Å². The molecule has 0 unspecified atom stereocenters. The number of nitrogens with one attached hydrogen (secondary N) is 2. The molecule has 140 valence electrons. The SMILES string of the molecule is O=C(CCCNC(=O)c1ccccc1Cl)NN=Cc1ccc([N+](=O)[O-])cc1. The number of nitro benzene ring substituents is 1. The molecule has 8 nitrogen and oxygen atoms in total. The highest BCUT2D eigenvalue weighted by Gasteiger charge is 2.09. The molecule has 0 bridgehead atoms. The summed E-state index contributed by atoms with van der Waals surface area (Å²) in [5.41, 5.74) is 3.35. The monoisotopic (exact) mass is 388 g/mol. The molecular formula is C18H17ClN4O4. The van der Waals surface area contributed by atoms with Crippen LogP contribution in [0.5, 0.6) is 0 Å². The Kier molecular flexibility index (Phi) is 7.45. The number of halogens is 1. The average Bonchev–Trinajstić information content (AvgIpc) is 2.66. The number of benzene rings is 2. The Labute approximate surface area is 160 Å². The molecule has 2 aromatic rings. The molecule has 0 heterocycles. The second-order valence-electron chi connectivity index (χ2n) is 5.48. The molecule has 0 radical (unpaired) electrons. The molecule has 0 fully saturated rings. The Morgan fingerprint density at radius 2 is 1.85 bits per heavy atom. The molecule has 0 aliphatic carbocycles. The summed E-state index contributed by atoms with van der Waals surface area (Å²) >= 11 is 5.94. The van der Waals surface area contributed by atoms with Crippen molar-refractivity contribution in [2.75, 3.05) is 6.54 Å². The molecule has 27 heavy (non-hydrogen) atoms. The normalized spacial score (nSPS) is 10.6. The van der Waals surface area contributed by atoms with Crippen molar-refractivity contribution in [3.05, 3.63) is 74.8 Å². The molecule has 0 aliphatic heterocycles. The molecular weight excluding hydrogens is 372 g/mol. The lowest BCUT2D eigenvalue weighted by Crippen LogP contribution is -2.26. The maximum Gasteiger partial charge on any atom is 0.269 e. The molecule has 0 spiro atoms. The first-order chi connectivity index (χ1) is 13.0. The first kappa shape index (κ1) is 20.1. The van der Waals surface area contributed by atoms with Gasteiger partial charge in [-0.25, -0.2) is 5.43 Å². The maximum atomic E-state index is 11.9. The summed E-state index contributed by atoms with van der Waals surface area (Å²) in [5.74, 6) is -0.600. The van der Waals surface area contributed by atoms with Crippen molar-refractivity contribution >= 4 is 35.3 Å². The molecule has 0 atom stereocenters. The quantitative estimate of drug-likeness (QED) is 0.313. The second-order valence-corrected chi connectivity index (χ2v) is 5.89. The van der Waals surface area contributed by atoms with Crippen molar-refractivity contribution in [3.63, 3.8) is 0 Å². The van der Waals surface area contributed by atoms with Crippen LogP contribution in [0.3, 0.4) is 0 Å². The van der Waals surface area contributed by atoms with Crippen molar-refractivity contribution in [3.8, 4) is 0 Å². The van der Waals surface area contributed by atoms with Gasteiger partial charge in [0.1, 0.15) is 0 Å². The predicted molar refractivity (Wildman–Crippen MR) is 102 cm³/mol. The highest BCUT2D eigenvalue weighted by Crippen LogP contribution is 2.14. The summed E-state index contributed by atoms with van der Waals surface area (Å²) in [6.07, 6.45) is 2.01. The summed E-state index contributed by atoms with van der Waals surface area (Å²) in [4.78, 5) is 33.7. The largest absolute Gasteiger partial charge is 0.352 e. The van der Waals surface area contributed by atoms with Crippen LogP contribution in [-0.4, -0.2) is 29.5 Å². The van der Waals surface area contributed by atoms with E-state index in [1.54, 1.807) is 24.3 Å². The van der Waals surface area contributed by atoms with Gasteiger partial charge in [-0.2, -0.15) is 5.10 Å². The number of non-ortho nitro benzene ring substituents is 1. The van der Waals surface area contributed by atoms with Crippen LogP contribution < -0.4 is 10.7 Å². The topological polar surface area (TPSA) is 114 Å². The van der Waals surface area contributed by atoms with Gasteiger partial charge in [0.25, 0.3) is 11.6 Å². The van der Waals surface area contributed by atoms with Gasteiger partial charge in [-0.05, 0) is 36.2 Å². The molecule has 2 rings (SSSR count). The highest BCUT2D eigenvalue weighted by molar-refractivity contribution is 6.33. The van der Waals surface area contributed by atoms with Crippen LogP contribution in [0, 0.1) is 10.1 Å². The van der Waals surface area contributed by atoms with E-state index in [2.05, 4.69) is 15.8 Å². The molecule has 2 N–H and O–H groups in total. The molecule has 2 amide bonds. The number of hydrogen-bond acceptors (Lipinski definition) is 5. The molecule has 0 saturated carbocycles. The van der Waals surface area contributed by atoms with Crippen LogP contribution in [-0.2, 0) is 4.79 Å². The minimum atomic E-state index is -0.493. The lowest BCUT2D eigenvalue weighted by Gasteiger charge is -2.06. The van der Waals surface area contributed by atoms with Gasteiger partial charge >= 0.3 is 0 Å². The third kappa shape index (κ3) is 6.52. The van der Waals surface area contributed by atoms with Gasteiger partial charge < -0.3 is 5.32 Å². The predicted octanol–water partition coefficient (Wildman–Crippen LogP) is 2.91. The zero-order valence-corrected chi connectivity index (χ0v) is 15.0. The van der Waals surface area contributed by atoms with E-state index < -0.39 is 4.92 Å². The van der Waals surface area contributed by atoms with E-state index in [-0.39, 0.29) is 23.9 Å². The highest BCUT2D eigenvalue weighted by atomic mass is 35.5. The number of hydrazone groups is 1. The van der Waals surface area contributed by atoms with Gasteiger partial charge in [0.15, 0.2) is 0 Å². The van der Waals surface area contributed by atoms with Crippen molar-refractivity contribution in [1.29, 1.82) is 0 Å². The van der Waals surface area contributed by atoms with Crippen LogP contribution in [0.25, 0.3) is 0 Å². The van der Waals surface area contributed by atoms with E-state index in [1.807, 2.05) is 0 Å². The maximum absolute atomic E-state index is 11.9. The van der Waals surface area contributed by atoms with Crippen LogP contribution in [0.15, 0.2) is 53.6 Å². The lowest BCUT2D eigenvalue weighted by atomic mass is 10.2. The Bertz CT molecular complexity index is 853. The van der Waals surface area contributed by atoms with Gasteiger partial charge in [0.2, 0.25) is 5.91 Å². The van der Waals surface area contributed by atoms with E-state index in [9.17, 15) is 19.7 Å². The number of carbonyl (C=O) groups is 2. The van der Waals surface area contributed by atoms with Crippen LogP contribution in [0.2, 0.25) is 5.02 Å². The fourth-order valence-corrected chi connectivity index (χ4v) is 2.33. The Morgan fingerprint density at radius 3 is 2.52 bits per heavy atom. The number of carbonyl (C=O) groups excluding carboxylic acids is 2.